The molecule has 0 atom stereocenters. The van der Waals surface area contributed by atoms with Gasteiger partial charge in [0.1, 0.15) is 5.82 Å². The Kier molecular flexibility index (Phi) is 7.47. The third-order valence-electron chi connectivity index (χ3n) is 3.03. The van der Waals surface area contributed by atoms with Crippen LogP contribution in [-0.4, -0.2) is 61.0 Å². The molecule has 21 heavy (non-hydrogen) atoms. The van der Waals surface area contributed by atoms with Gasteiger partial charge in [0.05, 0.1) is 10.6 Å². The van der Waals surface area contributed by atoms with Gasteiger partial charge in [-0.3, -0.25) is 4.79 Å². The Balaban J connectivity index is 2.85. The predicted octanol–water partition coefficient (Wildman–Crippen LogP) is 2.58. The van der Waals surface area contributed by atoms with Gasteiger partial charge in [-0.2, -0.15) is 0 Å². The zero-order chi connectivity index (χ0) is 15.8. The van der Waals surface area contributed by atoms with Crippen molar-refractivity contribution in [3.05, 3.63) is 22.8 Å². The maximum atomic E-state index is 12.6. The first-order valence-corrected chi connectivity index (χ1v) is 7.70. The van der Waals surface area contributed by atoms with Crippen LogP contribution in [0.25, 0.3) is 0 Å². The molecule has 0 aliphatic carbocycles. The first-order chi connectivity index (χ1) is 9.99. The van der Waals surface area contributed by atoms with Gasteiger partial charge in [-0.25, -0.2) is 4.98 Å². The molecule has 1 aromatic heterocycles. The van der Waals surface area contributed by atoms with Crippen molar-refractivity contribution < 1.29 is 4.79 Å². The molecule has 6 heteroatoms. The molecule has 0 spiro atoms. The number of rotatable bonds is 8. The van der Waals surface area contributed by atoms with Crippen molar-refractivity contribution in [3.8, 4) is 0 Å². The van der Waals surface area contributed by atoms with Gasteiger partial charge in [0.15, 0.2) is 0 Å². The molecule has 1 heterocycles. The third kappa shape index (κ3) is 5.52. The van der Waals surface area contributed by atoms with Crippen molar-refractivity contribution in [2.75, 3.05) is 45.6 Å². The number of likely N-dealkylation sites (N-methyl/N-ethyl adjacent to an activating group) is 1. The number of halogens is 1. The molecule has 1 aromatic rings. The Morgan fingerprint density at radius 3 is 2.52 bits per heavy atom. The smallest absolute Gasteiger partial charge is 0.255 e. The molecule has 0 bridgehead atoms. The molecule has 0 saturated heterocycles. The summed E-state index contributed by atoms with van der Waals surface area (Å²) in [4.78, 5) is 20.7. The summed E-state index contributed by atoms with van der Waals surface area (Å²) in [5.41, 5.74) is 0.536. The zero-order valence-electron chi connectivity index (χ0n) is 13.3. The quantitative estimate of drug-likeness (QED) is 0.801. The average molecular weight is 313 g/mol. The number of pyridine rings is 1. The van der Waals surface area contributed by atoms with Gasteiger partial charge >= 0.3 is 0 Å². The van der Waals surface area contributed by atoms with Crippen LogP contribution in [0, 0.1) is 0 Å². The van der Waals surface area contributed by atoms with E-state index in [1.54, 1.807) is 12.3 Å². The predicted molar refractivity (Wildman–Crippen MR) is 88.2 cm³/mol. The second kappa shape index (κ2) is 8.85. The molecule has 1 rings (SSSR count). The molecule has 0 fully saturated rings. The van der Waals surface area contributed by atoms with E-state index in [-0.39, 0.29) is 5.91 Å². The molecular weight excluding hydrogens is 288 g/mol. The summed E-state index contributed by atoms with van der Waals surface area (Å²) in [6.45, 7) is 7.05. The highest BCUT2D eigenvalue weighted by atomic mass is 35.5. The summed E-state index contributed by atoms with van der Waals surface area (Å²) in [7, 11) is 4.00. The summed E-state index contributed by atoms with van der Waals surface area (Å²) in [5, 5.41) is 3.54. The molecule has 0 aliphatic heterocycles. The van der Waals surface area contributed by atoms with Crippen LogP contribution in [0.4, 0.5) is 5.82 Å². The highest BCUT2D eigenvalue weighted by Crippen LogP contribution is 2.20. The minimum atomic E-state index is -0.0175. The Hall–Kier alpha value is -1.33. The maximum Gasteiger partial charge on any atom is 0.255 e. The molecule has 1 amide bonds. The number of anilines is 1. The lowest BCUT2D eigenvalue weighted by atomic mass is 10.2. The van der Waals surface area contributed by atoms with Crippen LogP contribution in [0.3, 0.4) is 0 Å². The summed E-state index contributed by atoms with van der Waals surface area (Å²) >= 11 is 6.16. The lowest BCUT2D eigenvalue weighted by molar-refractivity contribution is 0.0744. The van der Waals surface area contributed by atoms with E-state index in [0.717, 1.165) is 26.1 Å². The lowest BCUT2D eigenvalue weighted by Gasteiger charge is -2.24. The largest absolute Gasteiger partial charge is 0.369 e. The van der Waals surface area contributed by atoms with Gasteiger partial charge in [0.25, 0.3) is 5.91 Å². The SMILES string of the molecule is CCCN(CCN(C)C)C(=O)c1cnc(NCC)c(Cl)c1. The van der Waals surface area contributed by atoms with E-state index in [2.05, 4.69) is 22.1 Å². The van der Waals surface area contributed by atoms with E-state index in [0.29, 0.717) is 22.9 Å². The number of nitrogens with one attached hydrogen (secondary N) is 1. The topological polar surface area (TPSA) is 48.5 Å². The Morgan fingerprint density at radius 1 is 1.29 bits per heavy atom. The van der Waals surface area contributed by atoms with Gasteiger partial charge in [-0.1, -0.05) is 18.5 Å². The molecule has 118 valence electrons. The zero-order valence-corrected chi connectivity index (χ0v) is 14.1. The minimum Gasteiger partial charge on any atom is -0.369 e. The van der Waals surface area contributed by atoms with Crippen LogP contribution >= 0.6 is 11.6 Å². The van der Waals surface area contributed by atoms with E-state index in [9.17, 15) is 4.79 Å². The van der Waals surface area contributed by atoms with Crippen molar-refractivity contribution >= 4 is 23.3 Å². The van der Waals surface area contributed by atoms with Crippen LogP contribution in [0.1, 0.15) is 30.6 Å². The third-order valence-corrected chi connectivity index (χ3v) is 3.32. The highest BCUT2D eigenvalue weighted by Gasteiger charge is 2.17. The number of amides is 1. The monoisotopic (exact) mass is 312 g/mol. The first kappa shape index (κ1) is 17.7. The summed E-state index contributed by atoms with van der Waals surface area (Å²) < 4.78 is 0. The van der Waals surface area contributed by atoms with Crippen LogP contribution in [0.5, 0.6) is 0 Å². The minimum absolute atomic E-state index is 0.0175. The molecule has 0 saturated carbocycles. The van der Waals surface area contributed by atoms with Gasteiger partial charge in [-0.15, -0.1) is 0 Å². The van der Waals surface area contributed by atoms with E-state index in [1.807, 2.05) is 25.9 Å². The number of carbonyl (C=O) groups is 1. The van der Waals surface area contributed by atoms with Gasteiger partial charge < -0.3 is 15.1 Å². The van der Waals surface area contributed by atoms with Crippen LogP contribution < -0.4 is 5.32 Å². The lowest BCUT2D eigenvalue weighted by Crippen LogP contribution is -2.37. The summed E-state index contributed by atoms with van der Waals surface area (Å²) in [6, 6.07) is 1.69. The van der Waals surface area contributed by atoms with E-state index < -0.39 is 0 Å². The molecule has 5 nitrogen and oxygen atoms in total. The standard InChI is InChI=1S/C15H25ClN4O/c1-5-7-20(9-8-19(3)4)15(21)12-10-13(16)14(17-6-2)18-11-12/h10-11H,5-9H2,1-4H3,(H,17,18). The molecule has 0 radical (unpaired) electrons. The van der Waals surface area contributed by atoms with Crippen LogP contribution in [0.15, 0.2) is 12.3 Å². The van der Waals surface area contributed by atoms with E-state index in [1.165, 1.54) is 0 Å². The molecule has 1 N–H and O–H groups in total. The fourth-order valence-electron chi connectivity index (χ4n) is 1.94. The van der Waals surface area contributed by atoms with Crippen molar-refractivity contribution in [2.24, 2.45) is 0 Å². The second-order valence-corrected chi connectivity index (χ2v) is 5.59. The van der Waals surface area contributed by atoms with Gasteiger partial charge in [0.2, 0.25) is 0 Å². The van der Waals surface area contributed by atoms with Crippen molar-refractivity contribution in [1.29, 1.82) is 0 Å². The van der Waals surface area contributed by atoms with Gasteiger partial charge in [-0.05, 0) is 33.5 Å². The number of hydrogen-bond donors (Lipinski definition) is 1. The fraction of sp³-hybridized carbons (Fsp3) is 0.600. The molecular formula is C15H25ClN4O. The number of aromatic nitrogens is 1. The number of hydrogen-bond acceptors (Lipinski definition) is 4. The Bertz CT molecular complexity index is 465. The maximum absolute atomic E-state index is 12.6. The molecule has 0 unspecified atom stereocenters. The van der Waals surface area contributed by atoms with Crippen molar-refractivity contribution in [3.63, 3.8) is 0 Å². The van der Waals surface area contributed by atoms with E-state index in [4.69, 9.17) is 11.6 Å². The van der Waals surface area contributed by atoms with Crippen molar-refractivity contribution in [2.45, 2.75) is 20.3 Å². The highest BCUT2D eigenvalue weighted by molar-refractivity contribution is 6.33. The fourth-order valence-corrected chi connectivity index (χ4v) is 2.17. The first-order valence-electron chi connectivity index (χ1n) is 7.33. The van der Waals surface area contributed by atoms with Gasteiger partial charge in [0, 0.05) is 32.4 Å². The molecule has 0 aliphatic rings. The summed E-state index contributed by atoms with van der Waals surface area (Å²) in [6.07, 6.45) is 2.51. The normalized spacial score (nSPS) is 10.8. The number of nitrogens with zero attached hydrogens (tertiary/aromatic N) is 3. The number of carbonyl (C=O) groups excluding carboxylic acids is 1. The van der Waals surface area contributed by atoms with Crippen LogP contribution in [-0.2, 0) is 0 Å². The van der Waals surface area contributed by atoms with E-state index >= 15 is 0 Å². The Morgan fingerprint density at radius 2 is 2.00 bits per heavy atom. The van der Waals surface area contributed by atoms with Crippen LogP contribution in [0.2, 0.25) is 5.02 Å². The van der Waals surface area contributed by atoms with Crippen molar-refractivity contribution in [1.82, 2.24) is 14.8 Å². The molecule has 0 aromatic carbocycles. The summed E-state index contributed by atoms with van der Waals surface area (Å²) in [5.74, 6) is 0.599. The Labute approximate surface area is 132 Å². The second-order valence-electron chi connectivity index (χ2n) is 5.18. The average Bonchev–Trinajstić information content (AvgIpc) is 2.45.